The topological polar surface area (TPSA) is 61.8 Å². The lowest BCUT2D eigenvalue weighted by molar-refractivity contribution is -0.139. The maximum atomic E-state index is 11.9. The normalized spacial score (nSPS) is 12.5. The van der Waals surface area contributed by atoms with Gasteiger partial charge in [0.15, 0.2) is 6.10 Å². The second-order valence-electron chi connectivity index (χ2n) is 6.02. The third kappa shape index (κ3) is 7.13. The highest BCUT2D eigenvalue weighted by atomic mass is 16.7. The van der Waals surface area contributed by atoms with E-state index in [1.54, 1.807) is 39.8 Å². The van der Waals surface area contributed by atoms with Crippen LogP contribution >= 0.6 is 0 Å². The van der Waals surface area contributed by atoms with Crippen molar-refractivity contribution < 1.29 is 23.8 Å². The number of carbonyl (C=O) groups excluding carboxylic acids is 2. The number of benzene rings is 1. The number of esters is 1. The highest BCUT2D eigenvalue weighted by Crippen LogP contribution is 2.15. The van der Waals surface area contributed by atoms with Crippen LogP contribution in [0.4, 0.5) is 4.79 Å². The maximum Gasteiger partial charge on any atom is 0.509 e. The molecule has 1 atom stereocenters. The van der Waals surface area contributed by atoms with Crippen LogP contribution in [0.5, 0.6) is 0 Å². The summed E-state index contributed by atoms with van der Waals surface area (Å²) in [5, 5.41) is 0. The summed E-state index contributed by atoms with van der Waals surface area (Å²) in [6.45, 7) is 10.8. The lowest BCUT2D eigenvalue weighted by Crippen LogP contribution is -2.29. The zero-order valence-electron chi connectivity index (χ0n) is 14.6. The zero-order valence-corrected chi connectivity index (χ0v) is 14.6. The van der Waals surface area contributed by atoms with Crippen molar-refractivity contribution in [1.29, 1.82) is 0 Å². The van der Waals surface area contributed by atoms with Crippen LogP contribution in [-0.4, -0.2) is 30.4 Å². The molecule has 0 N–H and O–H groups in total. The quantitative estimate of drug-likeness (QED) is 0.579. The monoisotopic (exact) mass is 332 g/mol. The van der Waals surface area contributed by atoms with Crippen molar-refractivity contribution >= 4 is 18.2 Å². The Morgan fingerprint density at radius 3 is 2.38 bits per heavy atom. The minimum atomic E-state index is -0.973. The van der Waals surface area contributed by atoms with Gasteiger partial charge >= 0.3 is 12.1 Å². The van der Waals surface area contributed by atoms with Crippen LogP contribution in [0.15, 0.2) is 48.6 Å². The van der Waals surface area contributed by atoms with E-state index in [-0.39, 0.29) is 12.2 Å². The first-order valence-corrected chi connectivity index (χ1v) is 7.71. The molecule has 0 aliphatic heterocycles. The molecule has 5 nitrogen and oxygen atoms in total. The van der Waals surface area contributed by atoms with Crippen molar-refractivity contribution in [1.82, 2.24) is 0 Å². The van der Waals surface area contributed by atoms with Crippen LogP contribution in [0.25, 0.3) is 6.08 Å². The van der Waals surface area contributed by atoms with E-state index in [1.807, 2.05) is 30.3 Å². The van der Waals surface area contributed by atoms with Gasteiger partial charge in [0.2, 0.25) is 0 Å². The summed E-state index contributed by atoms with van der Waals surface area (Å²) in [7, 11) is 0. The fraction of sp³-hybridized carbons (Fsp3) is 0.368. The van der Waals surface area contributed by atoms with Gasteiger partial charge in [0.05, 0.1) is 12.2 Å². The molecule has 0 aliphatic rings. The summed E-state index contributed by atoms with van der Waals surface area (Å²) < 4.78 is 15.3. The first kappa shape index (κ1) is 19.5. The Hall–Kier alpha value is -2.56. The minimum absolute atomic E-state index is 0.0230. The Kier molecular flexibility index (Phi) is 7.24. The third-order valence-electron chi connectivity index (χ3n) is 2.76. The van der Waals surface area contributed by atoms with E-state index in [1.165, 1.54) is 0 Å². The van der Waals surface area contributed by atoms with E-state index >= 15 is 0 Å². The third-order valence-corrected chi connectivity index (χ3v) is 2.76. The predicted molar refractivity (Wildman–Crippen MR) is 92.4 cm³/mol. The summed E-state index contributed by atoms with van der Waals surface area (Å²) in [4.78, 5) is 23.8. The first-order valence-electron chi connectivity index (χ1n) is 7.71. The van der Waals surface area contributed by atoms with Gasteiger partial charge < -0.3 is 14.2 Å². The predicted octanol–water partition coefficient (Wildman–Crippen LogP) is 4.14. The molecule has 1 aromatic carbocycles. The van der Waals surface area contributed by atoms with Crippen molar-refractivity contribution in [2.45, 2.75) is 39.4 Å². The molecule has 0 heterocycles. The smallest absolute Gasteiger partial charge is 0.463 e. The van der Waals surface area contributed by atoms with Crippen LogP contribution < -0.4 is 0 Å². The van der Waals surface area contributed by atoms with Gasteiger partial charge in [0.1, 0.15) is 5.60 Å². The van der Waals surface area contributed by atoms with Crippen molar-refractivity contribution in [3.63, 3.8) is 0 Å². The molecule has 0 spiro atoms. The Labute approximate surface area is 142 Å². The van der Waals surface area contributed by atoms with Gasteiger partial charge in [0, 0.05) is 0 Å². The zero-order chi connectivity index (χ0) is 18.2. The lowest BCUT2D eigenvalue weighted by Gasteiger charge is -2.21. The van der Waals surface area contributed by atoms with Gasteiger partial charge in [-0.25, -0.2) is 9.59 Å². The van der Waals surface area contributed by atoms with Crippen molar-refractivity contribution in [3.05, 3.63) is 54.1 Å². The molecule has 130 valence electrons. The second kappa shape index (κ2) is 8.91. The molecule has 1 unspecified atom stereocenters. The summed E-state index contributed by atoms with van der Waals surface area (Å²) in [6.07, 6.45) is 1.45. The largest absolute Gasteiger partial charge is 0.509 e. The Morgan fingerprint density at radius 2 is 1.83 bits per heavy atom. The van der Waals surface area contributed by atoms with Crippen LogP contribution in [0.1, 0.15) is 33.3 Å². The fourth-order valence-corrected chi connectivity index (χ4v) is 1.71. The molecule has 24 heavy (non-hydrogen) atoms. The average Bonchev–Trinajstić information content (AvgIpc) is 2.50. The van der Waals surface area contributed by atoms with E-state index in [0.29, 0.717) is 0 Å². The molecule has 0 bridgehead atoms. The highest BCUT2D eigenvalue weighted by Gasteiger charge is 2.25. The van der Waals surface area contributed by atoms with Crippen molar-refractivity contribution in [2.75, 3.05) is 6.61 Å². The first-order chi connectivity index (χ1) is 11.2. The number of hydrogen-bond donors (Lipinski definition) is 0. The molecule has 0 saturated carbocycles. The van der Waals surface area contributed by atoms with Gasteiger partial charge in [-0.05, 0) is 39.3 Å². The molecule has 0 fully saturated rings. The maximum absolute atomic E-state index is 11.9. The van der Waals surface area contributed by atoms with Crippen LogP contribution in [0, 0.1) is 0 Å². The van der Waals surface area contributed by atoms with Crippen LogP contribution in [0.2, 0.25) is 0 Å². The summed E-state index contributed by atoms with van der Waals surface area (Å²) in [5.41, 5.74) is 0.220. The molecule has 1 rings (SSSR count). The van der Waals surface area contributed by atoms with E-state index in [9.17, 15) is 9.59 Å². The fourth-order valence-electron chi connectivity index (χ4n) is 1.71. The lowest BCUT2D eigenvalue weighted by atomic mass is 10.1. The van der Waals surface area contributed by atoms with Gasteiger partial charge in [-0.15, -0.1) is 0 Å². The summed E-state index contributed by atoms with van der Waals surface area (Å²) in [5.74, 6) is -0.622. The molecular formula is C19H24O5. The number of hydrogen-bond acceptors (Lipinski definition) is 5. The van der Waals surface area contributed by atoms with E-state index in [2.05, 4.69) is 6.58 Å². The number of ether oxygens (including phenoxy) is 3. The molecule has 0 aromatic heterocycles. The Bertz CT molecular complexity index is 596. The SMILES string of the molecule is C=C(C(=O)OCC)C(/C=C/c1ccccc1)OC(=O)OC(C)(C)C. The number of rotatable bonds is 6. The molecule has 0 aliphatic carbocycles. The molecular weight excluding hydrogens is 308 g/mol. The molecule has 0 amide bonds. The van der Waals surface area contributed by atoms with Gasteiger partial charge in [-0.2, -0.15) is 0 Å². The minimum Gasteiger partial charge on any atom is -0.463 e. The Balaban J connectivity index is 2.90. The molecule has 0 saturated heterocycles. The Morgan fingerprint density at radius 1 is 1.21 bits per heavy atom. The average molecular weight is 332 g/mol. The van der Waals surface area contributed by atoms with Gasteiger partial charge in [0.25, 0.3) is 0 Å². The molecule has 0 radical (unpaired) electrons. The standard InChI is InChI=1S/C19H24O5/c1-6-22-17(20)14(2)16(23-18(21)24-19(3,4)5)13-12-15-10-8-7-9-11-15/h7-13,16H,2,6H2,1,3-5H3/b13-12+. The van der Waals surface area contributed by atoms with Crippen molar-refractivity contribution in [3.8, 4) is 0 Å². The summed E-state index contributed by atoms with van der Waals surface area (Å²) >= 11 is 0. The van der Waals surface area contributed by atoms with E-state index < -0.39 is 23.8 Å². The van der Waals surface area contributed by atoms with E-state index in [4.69, 9.17) is 14.2 Å². The summed E-state index contributed by atoms with van der Waals surface area (Å²) in [6, 6.07) is 9.42. The van der Waals surface area contributed by atoms with Gasteiger partial charge in [-0.1, -0.05) is 43.0 Å². The molecule has 5 heteroatoms. The van der Waals surface area contributed by atoms with E-state index in [0.717, 1.165) is 5.56 Å². The number of carbonyl (C=O) groups is 2. The van der Waals surface area contributed by atoms with Gasteiger partial charge in [-0.3, -0.25) is 0 Å². The highest BCUT2D eigenvalue weighted by molar-refractivity contribution is 5.90. The second-order valence-corrected chi connectivity index (χ2v) is 6.02. The molecule has 1 aromatic rings. The van der Waals surface area contributed by atoms with Crippen molar-refractivity contribution in [2.24, 2.45) is 0 Å². The van der Waals surface area contributed by atoms with Crippen LogP contribution in [0.3, 0.4) is 0 Å². The van der Waals surface area contributed by atoms with Crippen LogP contribution in [-0.2, 0) is 19.0 Å².